The van der Waals surface area contributed by atoms with Crippen LogP contribution < -0.4 is 0 Å². The largest absolute Gasteiger partial charge is 0.396 e. The standard InChI is InChI=1S/C16H30O2/c1-11(2)13-7-6-12(3)8-14(13)15(18)9-16(4,5)10-17/h11-14,17H,6-10H2,1-5H3. The highest BCUT2D eigenvalue weighted by molar-refractivity contribution is 5.82. The van der Waals surface area contributed by atoms with Crippen LogP contribution in [0.5, 0.6) is 0 Å². The lowest BCUT2D eigenvalue weighted by atomic mass is 9.67. The number of aliphatic hydroxyl groups excluding tert-OH is 1. The second-order valence-corrected chi connectivity index (χ2v) is 7.40. The molecular weight excluding hydrogens is 224 g/mol. The number of Topliss-reactive ketones (excluding diaryl/α,β-unsaturated/α-hetero) is 1. The van der Waals surface area contributed by atoms with Crippen LogP contribution in [0.3, 0.4) is 0 Å². The maximum atomic E-state index is 12.5. The maximum Gasteiger partial charge on any atom is 0.136 e. The Hall–Kier alpha value is -0.370. The van der Waals surface area contributed by atoms with Crippen molar-refractivity contribution in [3.8, 4) is 0 Å². The molecule has 1 fully saturated rings. The predicted octanol–water partition coefficient (Wildman–Crippen LogP) is 3.67. The first-order valence-corrected chi connectivity index (χ1v) is 7.40. The molecule has 0 heterocycles. The van der Waals surface area contributed by atoms with Crippen LogP contribution in [0.25, 0.3) is 0 Å². The molecule has 1 rings (SSSR count). The Bertz CT molecular complexity index is 281. The zero-order valence-electron chi connectivity index (χ0n) is 12.7. The molecule has 18 heavy (non-hydrogen) atoms. The Balaban J connectivity index is 2.73. The normalized spacial score (nSPS) is 29.6. The monoisotopic (exact) mass is 254 g/mol. The zero-order valence-corrected chi connectivity index (χ0v) is 12.7. The molecule has 2 heteroatoms. The van der Waals surface area contributed by atoms with Crippen LogP contribution in [0.2, 0.25) is 0 Å². The molecule has 0 aromatic rings. The fourth-order valence-corrected chi connectivity index (χ4v) is 3.23. The van der Waals surface area contributed by atoms with Gasteiger partial charge in [-0.1, -0.05) is 41.0 Å². The second kappa shape index (κ2) is 6.18. The Morgan fingerprint density at radius 3 is 2.44 bits per heavy atom. The van der Waals surface area contributed by atoms with Crippen molar-refractivity contribution in [2.45, 2.75) is 60.3 Å². The zero-order chi connectivity index (χ0) is 13.9. The van der Waals surface area contributed by atoms with E-state index < -0.39 is 0 Å². The van der Waals surface area contributed by atoms with Gasteiger partial charge in [-0.3, -0.25) is 4.79 Å². The fourth-order valence-electron chi connectivity index (χ4n) is 3.23. The van der Waals surface area contributed by atoms with Crippen molar-refractivity contribution < 1.29 is 9.90 Å². The van der Waals surface area contributed by atoms with Crippen molar-refractivity contribution in [3.63, 3.8) is 0 Å². The number of hydrogen-bond acceptors (Lipinski definition) is 2. The van der Waals surface area contributed by atoms with Crippen LogP contribution in [0.1, 0.15) is 60.3 Å². The number of carbonyl (C=O) groups excluding carboxylic acids is 1. The lowest BCUT2D eigenvalue weighted by Gasteiger charge is -2.37. The summed E-state index contributed by atoms with van der Waals surface area (Å²) in [6.45, 7) is 10.8. The minimum atomic E-state index is -0.265. The molecular formula is C16H30O2. The number of rotatable bonds is 5. The van der Waals surface area contributed by atoms with Crippen LogP contribution in [-0.4, -0.2) is 17.5 Å². The average Bonchev–Trinajstić information content (AvgIpc) is 2.28. The molecule has 106 valence electrons. The summed E-state index contributed by atoms with van der Waals surface area (Å²) in [4.78, 5) is 12.5. The van der Waals surface area contributed by atoms with E-state index in [-0.39, 0.29) is 17.9 Å². The summed E-state index contributed by atoms with van der Waals surface area (Å²) < 4.78 is 0. The topological polar surface area (TPSA) is 37.3 Å². The SMILES string of the molecule is CC1CCC(C(C)C)C(C(=O)CC(C)(C)CO)C1. The number of hydrogen-bond donors (Lipinski definition) is 1. The summed E-state index contributed by atoms with van der Waals surface area (Å²) in [5.74, 6) is 2.40. The van der Waals surface area contributed by atoms with Gasteiger partial charge in [-0.25, -0.2) is 0 Å². The number of aliphatic hydroxyl groups is 1. The summed E-state index contributed by atoms with van der Waals surface area (Å²) in [5.41, 5.74) is -0.265. The predicted molar refractivity (Wildman–Crippen MR) is 75.3 cm³/mol. The molecule has 0 radical (unpaired) electrons. The van der Waals surface area contributed by atoms with Gasteiger partial charge in [0.25, 0.3) is 0 Å². The van der Waals surface area contributed by atoms with Gasteiger partial charge < -0.3 is 5.11 Å². The third-order valence-electron chi connectivity index (χ3n) is 4.52. The minimum Gasteiger partial charge on any atom is -0.396 e. The van der Waals surface area contributed by atoms with Gasteiger partial charge in [0.2, 0.25) is 0 Å². The van der Waals surface area contributed by atoms with Gasteiger partial charge in [-0.05, 0) is 36.0 Å². The van der Waals surface area contributed by atoms with Gasteiger partial charge in [0.05, 0.1) is 0 Å². The molecule has 1 saturated carbocycles. The average molecular weight is 254 g/mol. The Morgan fingerprint density at radius 1 is 1.33 bits per heavy atom. The first-order chi connectivity index (χ1) is 8.26. The van der Waals surface area contributed by atoms with Gasteiger partial charge in [-0.2, -0.15) is 0 Å². The highest BCUT2D eigenvalue weighted by Crippen LogP contribution is 2.40. The van der Waals surface area contributed by atoms with E-state index in [2.05, 4.69) is 20.8 Å². The fraction of sp³-hybridized carbons (Fsp3) is 0.938. The Morgan fingerprint density at radius 2 is 1.94 bits per heavy atom. The molecule has 1 aliphatic carbocycles. The molecule has 0 amide bonds. The number of ketones is 1. The summed E-state index contributed by atoms with van der Waals surface area (Å²) in [6.07, 6.45) is 4.01. The van der Waals surface area contributed by atoms with Crippen LogP contribution in [0.15, 0.2) is 0 Å². The third kappa shape index (κ3) is 4.08. The van der Waals surface area contributed by atoms with E-state index in [1.165, 1.54) is 12.8 Å². The summed E-state index contributed by atoms with van der Waals surface area (Å²) in [7, 11) is 0. The van der Waals surface area contributed by atoms with Gasteiger partial charge in [-0.15, -0.1) is 0 Å². The molecule has 0 aliphatic heterocycles. The lowest BCUT2D eigenvalue weighted by molar-refractivity contribution is -0.129. The van der Waals surface area contributed by atoms with Crippen molar-refractivity contribution in [1.82, 2.24) is 0 Å². The Labute approximate surface area is 112 Å². The molecule has 0 saturated heterocycles. The van der Waals surface area contributed by atoms with E-state index in [9.17, 15) is 9.90 Å². The maximum absolute atomic E-state index is 12.5. The highest BCUT2D eigenvalue weighted by atomic mass is 16.3. The third-order valence-corrected chi connectivity index (χ3v) is 4.52. The first-order valence-electron chi connectivity index (χ1n) is 7.40. The molecule has 0 aromatic carbocycles. The van der Waals surface area contributed by atoms with Crippen molar-refractivity contribution in [3.05, 3.63) is 0 Å². The van der Waals surface area contributed by atoms with E-state index in [1.807, 2.05) is 13.8 Å². The summed E-state index contributed by atoms with van der Waals surface area (Å²) >= 11 is 0. The van der Waals surface area contributed by atoms with Crippen LogP contribution >= 0.6 is 0 Å². The van der Waals surface area contributed by atoms with Gasteiger partial charge in [0.15, 0.2) is 0 Å². The quantitative estimate of drug-likeness (QED) is 0.812. The van der Waals surface area contributed by atoms with Crippen molar-refractivity contribution >= 4 is 5.78 Å². The summed E-state index contributed by atoms with van der Waals surface area (Å²) in [5, 5.41) is 9.32. The highest BCUT2D eigenvalue weighted by Gasteiger charge is 2.36. The molecule has 0 bridgehead atoms. The molecule has 1 aliphatic rings. The van der Waals surface area contributed by atoms with Crippen LogP contribution in [-0.2, 0) is 4.79 Å². The second-order valence-electron chi connectivity index (χ2n) is 7.40. The first kappa shape index (κ1) is 15.7. The van der Waals surface area contributed by atoms with E-state index in [0.29, 0.717) is 30.0 Å². The van der Waals surface area contributed by atoms with Crippen LogP contribution in [0, 0.1) is 29.1 Å². The minimum absolute atomic E-state index is 0.0906. The molecule has 3 atom stereocenters. The Kier molecular flexibility index (Phi) is 5.39. The molecule has 1 N–H and O–H groups in total. The molecule has 3 unspecified atom stereocenters. The van der Waals surface area contributed by atoms with E-state index in [0.717, 1.165) is 6.42 Å². The van der Waals surface area contributed by atoms with Crippen molar-refractivity contribution in [2.75, 3.05) is 6.61 Å². The molecule has 2 nitrogen and oxygen atoms in total. The smallest absolute Gasteiger partial charge is 0.136 e. The van der Waals surface area contributed by atoms with E-state index >= 15 is 0 Å². The van der Waals surface area contributed by atoms with Gasteiger partial charge >= 0.3 is 0 Å². The van der Waals surface area contributed by atoms with E-state index in [1.54, 1.807) is 0 Å². The van der Waals surface area contributed by atoms with E-state index in [4.69, 9.17) is 0 Å². The van der Waals surface area contributed by atoms with Gasteiger partial charge in [0, 0.05) is 18.9 Å². The van der Waals surface area contributed by atoms with Crippen molar-refractivity contribution in [2.24, 2.45) is 29.1 Å². The van der Waals surface area contributed by atoms with Gasteiger partial charge in [0.1, 0.15) is 5.78 Å². The van der Waals surface area contributed by atoms with Crippen molar-refractivity contribution in [1.29, 1.82) is 0 Å². The summed E-state index contributed by atoms with van der Waals surface area (Å²) in [6, 6.07) is 0. The van der Waals surface area contributed by atoms with Crippen LogP contribution in [0.4, 0.5) is 0 Å². The number of carbonyl (C=O) groups is 1. The molecule has 0 spiro atoms. The lowest BCUT2D eigenvalue weighted by Crippen LogP contribution is -2.36. The molecule has 0 aromatic heterocycles.